The highest BCUT2D eigenvalue weighted by atomic mass is 35.5. The van der Waals surface area contributed by atoms with E-state index in [0.29, 0.717) is 22.9 Å². The first-order valence-corrected chi connectivity index (χ1v) is 11.3. The lowest BCUT2D eigenvalue weighted by Gasteiger charge is -2.06. The van der Waals surface area contributed by atoms with Gasteiger partial charge in [0.25, 0.3) is 0 Å². The fraction of sp³-hybridized carbons (Fsp3) is 0.0870. The van der Waals surface area contributed by atoms with Gasteiger partial charge in [0.05, 0.1) is 12.0 Å². The first kappa shape index (κ1) is 21.0. The molecule has 0 aliphatic rings. The molecule has 6 nitrogen and oxygen atoms in total. The van der Waals surface area contributed by atoms with E-state index in [1.807, 2.05) is 12.1 Å². The number of aromatic nitrogens is 1. The normalized spacial score (nSPS) is 11.3. The summed E-state index contributed by atoms with van der Waals surface area (Å²) < 4.78 is 37.5. The molecule has 0 spiro atoms. The Labute approximate surface area is 185 Å². The first-order chi connectivity index (χ1) is 15.0. The summed E-state index contributed by atoms with van der Waals surface area (Å²) in [7, 11) is -2.32. The van der Waals surface area contributed by atoms with Crippen LogP contribution < -0.4 is 10.1 Å². The summed E-state index contributed by atoms with van der Waals surface area (Å²) in [4.78, 5) is 4.47. The molecule has 1 aromatic heterocycles. The molecule has 158 valence electrons. The summed E-state index contributed by atoms with van der Waals surface area (Å²) >= 11 is 5.94. The molecule has 4 rings (SSSR count). The van der Waals surface area contributed by atoms with E-state index in [9.17, 15) is 8.42 Å². The van der Waals surface area contributed by atoms with Crippen LogP contribution in [0.5, 0.6) is 5.75 Å². The number of halogens is 1. The predicted molar refractivity (Wildman–Crippen MR) is 119 cm³/mol. The zero-order valence-electron chi connectivity index (χ0n) is 16.6. The third-order valence-electron chi connectivity index (χ3n) is 4.61. The lowest BCUT2D eigenvalue weighted by Crippen LogP contribution is -2.07. The molecule has 0 radical (unpaired) electrons. The number of nitrogens with zero attached hydrogens (tertiary/aromatic N) is 1. The summed E-state index contributed by atoms with van der Waals surface area (Å²) in [5.74, 6) is 0.939. The molecule has 0 saturated carbocycles. The summed E-state index contributed by atoms with van der Waals surface area (Å²) in [6.07, 6.45) is 0. The SMILES string of the molecule is COc1ccc(-c2nc(S(=O)(=O)c3ccccc3)c(NCc3ccc(Cl)cc3)o2)cc1. The standard InChI is InChI=1S/C23H19ClN2O4S/c1-29-19-13-9-17(10-14-19)21-26-23(31(27,28)20-5-3-2-4-6-20)22(30-21)25-15-16-7-11-18(24)12-8-16/h2-14,25H,15H2,1H3. The van der Waals surface area contributed by atoms with Crippen LogP contribution in [0.1, 0.15) is 5.56 Å². The van der Waals surface area contributed by atoms with E-state index in [0.717, 1.165) is 5.56 Å². The Hall–Kier alpha value is -3.29. The van der Waals surface area contributed by atoms with E-state index in [-0.39, 0.29) is 21.7 Å². The smallest absolute Gasteiger partial charge is 0.234 e. The first-order valence-electron chi connectivity index (χ1n) is 9.41. The second kappa shape index (κ2) is 8.83. The summed E-state index contributed by atoms with van der Waals surface area (Å²) in [6.45, 7) is 0.339. The van der Waals surface area contributed by atoms with Crippen LogP contribution in [0.4, 0.5) is 5.88 Å². The molecule has 4 aromatic rings. The van der Waals surface area contributed by atoms with Crippen molar-refractivity contribution < 1.29 is 17.6 Å². The fourth-order valence-corrected chi connectivity index (χ4v) is 4.38. The molecule has 0 aliphatic carbocycles. The molecule has 3 aromatic carbocycles. The van der Waals surface area contributed by atoms with E-state index < -0.39 is 9.84 Å². The molecule has 0 atom stereocenters. The van der Waals surface area contributed by atoms with Crippen LogP contribution in [-0.4, -0.2) is 20.5 Å². The average Bonchev–Trinajstić information content (AvgIpc) is 3.24. The number of rotatable bonds is 7. The van der Waals surface area contributed by atoms with E-state index in [4.69, 9.17) is 20.8 Å². The zero-order valence-corrected chi connectivity index (χ0v) is 18.2. The molecule has 0 amide bonds. The number of hydrogen-bond acceptors (Lipinski definition) is 6. The van der Waals surface area contributed by atoms with Crippen LogP contribution in [0.3, 0.4) is 0 Å². The maximum absolute atomic E-state index is 13.3. The lowest BCUT2D eigenvalue weighted by atomic mass is 10.2. The van der Waals surface area contributed by atoms with Crippen molar-refractivity contribution in [1.82, 2.24) is 4.98 Å². The molecule has 8 heteroatoms. The number of benzene rings is 3. The number of nitrogens with one attached hydrogen (secondary N) is 1. The Kier molecular flexibility index (Phi) is 5.97. The monoisotopic (exact) mass is 454 g/mol. The number of ether oxygens (including phenoxy) is 1. The van der Waals surface area contributed by atoms with Crippen molar-refractivity contribution in [2.75, 3.05) is 12.4 Å². The van der Waals surface area contributed by atoms with E-state index in [2.05, 4.69) is 10.3 Å². The van der Waals surface area contributed by atoms with Crippen molar-refractivity contribution in [3.05, 3.63) is 89.4 Å². The largest absolute Gasteiger partial charge is 0.497 e. The number of oxazole rings is 1. The maximum Gasteiger partial charge on any atom is 0.234 e. The minimum absolute atomic E-state index is 0.0737. The van der Waals surface area contributed by atoms with Gasteiger partial charge in [-0.15, -0.1) is 0 Å². The second-order valence-corrected chi connectivity index (χ2v) is 8.98. The highest BCUT2D eigenvalue weighted by Crippen LogP contribution is 2.33. The molecule has 0 saturated heterocycles. The second-order valence-electron chi connectivity index (χ2n) is 6.68. The fourth-order valence-electron chi connectivity index (χ4n) is 2.95. The van der Waals surface area contributed by atoms with E-state index in [1.165, 1.54) is 12.1 Å². The molecular formula is C23H19ClN2O4S. The van der Waals surface area contributed by atoms with E-state index >= 15 is 0 Å². The number of anilines is 1. The molecule has 1 heterocycles. The van der Waals surface area contributed by atoms with Gasteiger partial charge < -0.3 is 14.5 Å². The topological polar surface area (TPSA) is 81.4 Å². The highest BCUT2D eigenvalue weighted by Gasteiger charge is 2.28. The van der Waals surface area contributed by atoms with Crippen LogP contribution >= 0.6 is 11.6 Å². The molecule has 1 N–H and O–H groups in total. The van der Waals surface area contributed by atoms with Crippen molar-refractivity contribution in [2.24, 2.45) is 0 Å². The molecule has 0 fully saturated rings. The summed E-state index contributed by atoms with van der Waals surface area (Å²) in [5, 5.41) is 3.52. The minimum Gasteiger partial charge on any atom is -0.497 e. The van der Waals surface area contributed by atoms with Gasteiger partial charge in [0.15, 0.2) is 0 Å². The van der Waals surface area contributed by atoms with Gasteiger partial charge in [0.1, 0.15) is 5.75 Å². The summed E-state index contributed by atoms with van der Waals surface area (Å²) in [5.41, 5.74) is 1.54. The van der Waals surface area contributed by atoms with Gasteiger partial charge >= 0.3 is 0 Å². The molecule has 31 heavy (non-hydrogen) atoms. The van der Waals surface area contributed by atoms with Crippen molar-refractivity contribution in [1.29, 1.82) is 0 Å². The van der Waals surface area contributed by atoms with Crippen molar-refractivity contribution >= 4 is 27.3 Å². The lowest BCUT2D eigenvalue weighted by molar-refractivity contribution is 0.415. The van der Waals surface area contributed by atoms with Crippen LogP contribution in [-0.2, 0) is 16.4 Å². The van der Waals surface area contributed by atoms with Crippen molar-refractivity contribution in [3.63, 3.8) is 0 Å². The van der Waals surface area contributed by atoms with Gasteiger partial charge in [-0.25, -0.2) is 8.42 Å². The molecule has 0 aliphatic heterocycles. The highest BCUT2D eigenvalue weighted by molar-refractivity contribution is 7.91. The van der Waals surface area contributed by atoms with Crippen LogP contribution in [0.2, 0.25) is 5.02 Å². The Morgan fingerprint density at radius 3 is 2.29 bits per heavy atom. The van der Waals surface area contributed by atoms with Crippen molar-refractivity contribution in [3.8, 4) is 17.2 Å². The number of methoxy groups -OCH3 is 1. The van der Waals surface area contributed by atoms with Gasteiger partial charge in [-0.1, -0.05) is 41.9 Å². The Bertz CT molecular complexity index is 1270. The quantitative estimate of drug-likeness (QED) is 0.400. The summed E-state index contributed by atoms with van der Waals surface area (Å²) in [6, 6.07) is 22.4. The minimum atomic E-state index is -3.89. The average molecular weight is 455 g/mol. The van der Waals surface area contributed by atoms with Gasteiger partial charge in [0.2, 0.25) is 26.6 Å². The maximum atomic E-state index is 13.3. The van der Waals surface area contributed by atoms with Gasteiger partial charge in [-0.2, -0.15) is 4.98 Å². The zero-order chi connectivity index (χ0) is 21.8. The van der Waals surface area contributed by atoms with Crippen LogP contribution in [0, 0.1) is 0 Å². The third-order valence-corrected chi connectivity index (χ3v) is 6.54. The van der Waals surface area contributed by atoms with Crippen LogP contribution in [0.15, 0.2) is 93.2 Å². The Balaban J connectivity index is 1.73. The van der Waals surface area contributed by atoms with Crippen LogP contribution in [0.25, 0.3) is 11.5 Å². The molecule has 0 bridgehead atoms. The van der Waals surface area contributed by atoms with Gasteiger partial charge in [0, 0.05) is 17.1 Å². The third kappa shape index (κ3) is 4.57. The Morgan fingerprint density at radius 2 is 1.65 bits per heavy atom. The van der Waals surface area contributed by atoms with Crippen molar-refractivity contribution in [2.45, 2.75) is 16.5 Å². The molecule has 0 unspecified atom stereocenters. The van der Waals surface area contributed by atoms with Gasteiger partial charge in [-0.05, 0) is 54.1 Å². The molecular weight excluding hydrogens is 436 g/mol. The predicted octanol–water partition coefficient (Wildman–Crippen LogP) is 5.45. The van der Waals surface area contributed by atoms with Gasteiger partial charge in [-0.3, -0.25) is 0 Å². The number of sulfone groups is 1. The Morgan fingerprint density at radius 1 is 0.968 bits per heavy atom. The van der Waals surface area contributed by atoms with E-state index in [1.54, 1.807) is 61.7 Å². The number of hydrogen-bond donors (Lipinski definition) is 1.